The van der Waals surface area contributed by atoms with Gasteiger partial charge in [0.05, 0.1) is 41.6 Å². The van der Waals surface area contributed by atoms with Crippen LogP contribution in [-0.2, 0) is 32.5 Å². The minimum absolute atomic E-state index is 0. The summed E-state index contributed by atoms with van der Waals surface area (Å²) in [6, 6.07) is 67.3. The minimum Gasteiger partial charge on any atom is -0.353 e. The summed E-state index contributed by atoms with van der Waals surface area (Å²) in [6.07, 6.45) is 0. The topological polar surface area (TPSA) is 207 Å². The Morgan fingerprint density at radius 3 is 1.10 bits per heavy atom. The van der Waals surface area contributed by atoms with E-state index in [1.54, 1.807) is 50.0 Å². The van der Waals surface area contributed by atoms with Crippen LogP contribution in [0.5, 0.6) is 0 Å². The third-order valence-corrected chi connectivity index (χ3v) is 18.4. The number of likely N-dealkylation sites (N-methyl/N-ethyl adjacent to an activating group) is 1. The standard InChI is InChI=1S/C23H23ClN6O.2C19H15ClN4.C18H11ClF2N4.5CH4/c1-29(2)14-13-25-18(31)15-30-23-19(21(28-30)16-9-5-3-6-10-16)20(24)22(26-27-23)17-11-7-4-8-12-17;1-12-8-6-7-11-14(12)18-15-16(20)17(13-9-4-3-5-10-13)21-22-19(15)24(2)23-18;1-12-7-6-10-14(11-12)17-15-16(20)18(13-8-4-3-5-9-13)21-22-19(15)24(2)23-17;1-25-18-14(16(24-25)10-2-6-12(20)7-3-10)15(19)17(22-23-18)11-4-8-13(21)9-5-11;;;;;/h3-12H,13-15H2,1-2H3,(H,25,31);2*3-11H,1-2H3;2-9H,1H3;5*1H4. The molecule has 8 heterocycles. The summed E-state index contributed by atoms with van der Waals surface area (Å²) in [7, 11) is 9.37. The second-order valence-electron chi connectivity index (χ2n) is 24.5. The van der Waals surface area contributed by atoms with Gasteiger partial charge in [-0.1, -0.05) is 253 Å². The molecule has 16 aromatic rings. The van der Waals surface area contributed by atoms with Crippen molar-refractivity contribution in [2.45, 2.75) is 57.5 Å². The smallest absolute Gasteiger partial charge is 0.241 e. The van der Waals surface area contributed by atoms with Gasteiger partial charge in [-0.25, -0.2) is 27.5 Å². The zero-order valence-electron chi connectivity index (χ0n) is 57.2. The summed E-state index contributed by atoms with van der Waals surface area (Å²) < 4.78 is 33.0. The van der Waals surface area contributed by atoms with Crippen LogP contribution in [0.15, 0.2) is 218 Å². The summed E-state index contributed by atoms with van der Waals surface area (Å²) in [5, 5.41) is 60.8. The van der Waals surface area contributed by atoms with Crippen molar-refractivity contribution in [3.63, 3.8) is 0 Å². The number of nitrogens with one attached hydrogen (secondary N) is 1. The predicted octanol–water partition coefficient (Wildman–Crippen LogP) is 20.6. The average molecular weight is 1540 g/mol. The normalized spacial score (nSPS) is 10.7. The van der Waals surface area contributed by atoms with Gasteiger partial charge in [-0.15, -0.1) is 40.8 Å². The van der Waals surface area contributed by atoms with Gasteiger partial charge >= 0.3 is 0 Å². The fourth-order valence-electron chi connectivity index (χ4n) is 11.8. The minimum atomic E-state index is -0.345. The second-order valence-corrected chi connectivity index (χ2v) is 26.0. The summed E-state index contributed by atoms with van der Waals surface area (Å²) in [5.74, 6) is -0.819. The Labute approximate surface area is 653 Å². The van der Waals surface area contributed by atoms with Crippen LogP contribution in [0.4, 0.5) is 8.78 Å². The number of carbonyl (C=O) groups is 1. The number of fused-ring (bicyclic) bond motifs is 4. The van der Waals surface area contributed by atoms with Crippen LogP contribution in [0, 0.1) is 25.5 Å². The van der Waals surface area contributed by atoms with E-state index in [0.29, 0.717) is 105 Å². The molecule has 19 nitrogen and oxygen atoms in total. The lowest BCUT2D eigenvalue weighted by atomic mass is 10.0. The van der Waals surface area contributed by atoms with Gasteiger partial charge in [-0.05, 0) is 88.1 Å². The number of halogens is 6. The molecule has 0 saturated carbocycles. The highest BCUT2D eigenvalue weighted by atomic mass is 35.5. The van der Waals surface area contributed by atoms with Crippen LogP contribution in [0.3, 0.4) is 0 Å². The molecule has 1 N–H and O–H groups in total. The molecule has 109 heavy (non-hydrogen) atoms. The van der Waals surface area contributed by atoms with E-state index in [9.17, 15) is 13.6 Å². The van der Waals surface area contributed by atoms with Gasteiger partial charge in [0.25, 0.3) is 0 Å². The van der Waals surface area contributed by atoms with Crippen LogP contribution in [0.1, 0.15) is 48.3 Å². The van der Waals surface area contributed by atoms with Crippen molar-refractivity contribution in [1.82, 2.24) is 90.1 Å². The lowest BCUT2D eigenvalue weighted by molar-refractivity contribution is -0.121. The molecule has 25 heteroatoms. The van der Waals surface area contributed by atoms with Crippen molar-refractivity contribution >= 4 is 96.4 Å². The van der Waals surface area contributed by atoms with Gasteiger partial charge in [0.15, 0.2) is 22.6 Å². The highest BCUT2D eigenvalue weighted by Crippen LogP contribution is 2.42. The largest absolute Gasteiger partial charge is 0.353 e. The van der Waals surface area contributed by atoms with Gasteiger partial charge in [-0.3, -0.25) is 4.79 Å². The van der Waals surface area contributed by atoms with Crippen LogP contribution >= 0.6 is 46.4 Å². The van der Waals surface area contributed by atoms with Crippen LogP contribution < -0.4 is 5.32 Å². The molecular formula is C84H84Cl4F2N18O. The zero-order chi connectivity index (χ0) is 72.7. The lowest BCUT2D eigenvalue weighted by Gasteiger charge is -2.10. The lowest BCUT2D eigenvalue weighted by Crippen LogP contribution is -2.33. The van der Waals surface area contributed by atoms with E-state index in [2.05, 4.69) is 99.5 Å². The Morgan fingerprint density at radius 1 is 0.376 bits per heavy atom. The predicted molar refractivity (Wildman–Crippen MR) is 442 cm³/mol. The van der Waals surface area contributed by atoms with Crippen molar-refractivity contribution in [2.75, 3.05) is 27.2 Å². The number of benzene rings is 8. The summed E-state index contributed by atoms with van der Waals surface area (Å²) >= 11 is 26.9. The second kappa shape index (κ2) is 36.8. The molecule has 0 radical (unpaired) electrons. The summed E-state index contributed by atoms with van der Waals surface area (Å²) in [5.41, 5.74) is 17.0. The molecule has 0 fully saturated rings. The van der Waals surface area contributed by atoms with Crippen LogP contribution in [-0.4, -0.2) is 118 Å². The Balaban J connectivity index is 0.000000181. The van der Waals surface area contributed by atoms with Crippen LogP contribution in [0.25, 0.3) is 134 Å². The maximum atomic E-state index is 13.2. The molecule has 16 rings (SSSR count). The van der Waals surface area contributed by atoms with E-state index in [1.807, 2.05) is 179 Å². The highest BCUT2D eigenvalue weighted by Gasteiger charge is 2.26. The van der Waals surface area contributed by atoms with Crippen molar-refractivity contribution < 1.29 is 13.6 Å². The van der Waals surface area contributed by atoms with E-state index in [-0.39, 0.29) is 61.2 Å². The van der Waals surface area contributed by atoms with E-state index in [4.69, 9.17) is 51.5 Å². The number of amides is 1. The van der Waals surface area contributed by atoms with Crippen molar-refractivity contribution in [2.24, 2.45) is 21.1 Å². The third kappa shape index (κ3) is 17.9. The Morgan fingerprint density at radius 2 is 0.697 bits per heavy atom. The first-order valence-electron chi connectivity index (χ1n) is 32.8. The van der Waals surface area contributed by atoms with E-state index in [0.717, 1.165) is 67.6 Å². The van der Waals surface area contributed by atoms with Crippen molar-refractivity contribution in [3.8, 4) is 90.1 Å². The van der Waals surface area contributed by atoms with Gasteiger partial charge in [0.2, 0.25) is 5.91 Å². The van der Waals surface area contributed by atoms with Gasteiger partial charge in [0, 0.05) is 78.7 Å². The third-order valence-electron chi connectivity index (χ3n) is 17.0. The monoisotopic (exact) mass is 1540 g/mol. The molecule has 0 unspecified atom stereocenters. The SMILES string of the molecule is C.C.C.C.C.CN(C)CCNC(=O)Cn1nc(-c2ccccc2)c2c(Cl)c(-c3ccccc3)nnc21.Cc1cccc(-c2nn(C)c3nnc(-c4ccccc4)c(Cl)c23)c1.Cc1ccccc1-c1nn(C)c2nnc(-c3ccccc3)c(Cl)c12.Cn1nc(-c2ccc(F)cc2)c2c(Cl)c(-c3ccc(F)cc3)nnc21. The number of rotatable bonds is 13. The first kappa shape index (κ1) is 83.1. The molecule has 0 spiro atoms. The zero-order valence-corrected chi connectivity index (χ0v) is 60.2. The van der Waals surface area contributed by atoms with Crippen LogP contribution in [0.2, 0.25) is 20.1 Å². The van der Waals surface area contributed by atoms with E-state index >= 15 is 0 Å². The molecule has 0 saturated heterocycles. The first-order valence-corrected chi connectivity index (χ1v) is 34.3. The van der Waals surface area contributed by atoms with E-state index in [1.165, 1.54) is 29.8 Å². The number of hydrogen-bond acceptors (Lipinski definition) is 14. The van der Waals surface area contributed by atoms with Crippen molar-refractivity contribution in [1.29, 1.82) is 0 Å². The number of nitrogens with zero attached hydrogens (tertiary/aromatic N) is 17. The van der Waals surface area contributed by atoms with Gasteiger partial charge in [0.1, 0.15) is 63.7 Å². The fourth-order valence-corrected chi connectivity index (χ4v) is 13.1. The van der Waals surface area contributed by atoms with Gasteiger partial charge < -0.3 is 10.2 Å². The summed E-state index contributed by atoms with van der Waals surface area (Å²) in [6.45, 7) is 5.47. The molecule has 0 aliphatic carbocycles. The molecule has 0 aliphatic rings. The maximum Gasteiger partial charge on any atom is 0.241 e. The molecule has 0 bridgehead atoms. The maximum absolute atomic E-state index is 13.2. The molecule has 0 aliphatic heterocycles. The quantitative estimate of drug-likeness (QED) is 0.114. The molecular weight excluding hydrogens is 1460 g/mol. The fraction of sp³-hybridized carbons (Fsp3) is 0.179. The van der Waals surface area contributed by atoms with E-state index < -0.39 is 0 Å². The molecule has 8 aromatic heterocycles. The first-order chi connectivity index (χ1) is 50.4. The molecule has 8 aromatic carbocycles. The van der Waals surface area contributed by atoms with Gasteiger partial charge in [-0.2, -0.15) is 20.4 Å². The Hall–Kier alpha value is -11.6. The summed E-state index contributed by atoms with van der Waals surface area (Å²) in [4.78, 5) is 14.5. The molecule has 558 valence electrons. The molecule has 0 atom stereocenters. The number of aromatic nitrogens is 16. The average Bonchev–Trinajstić information content (AvgIpc) is 1.66. The van der Waals surface area contributed by atoms with Crippen molar-refractivity contribution in [3.05, 3.63) is 261 Å². The molecule has 1 amide bonds. The Kier molecular flexibility index (Phi) is 28.0. The number of carbonyl (C=O) groups excluding carboxylic acids is 1. The Bertz CT molecular complexity index is 5770. The number of aryl methyl sites for hydroxylation is 5. The number of hydrogen-bond donors (Lipinski definition) is 1. The highest BCUT2D eigenvalue weighted by molar-refractivity contribution is 6.40.